The fraction of sp³-hybridized carbons (Fsp3) is 0.125. The van der Waals surface area contributed by atoms with Crippen molar-refractivity contribution >= 4 is 17.0 Å². The Bertz CT molecular complexity index is 391. The average Bonchev–Trinajstić information content (AvgIpc) is 2.17. The van der Waals surface area contributed by atoms with Gasteiger partial charge in [-0.15, -0.1) is 0 Å². The summed E-state index contributed by atoms with van der Waals surface area (Å²) in [6.45, 7) is 0. The summed E-state index contributed by atoms with van der Waals surface area (Å²) in [5.74, 6) is -1.72. The molecule has 1 aromatic carbocycles. The third-order valence-corrected chi connectivity index (χ3v) is 2.17. The number of methoxy groups -OCH3 is 1. The number of hydrogen-bond acceptors (Lipinski definition) is 4. The molecule has 0 radical (unpaired) electrons. The second-order valence-electron chi connectivity index (χ2n) is 2.37. The van der Waals surface area contributed by atoms with Crippen molar-refractivity contribution in [2.75, 3.05) is 7.11 Å². The number of ether oxygens (including phenoxy) is 1. The Morgan fingerprint density at radius 2 is 2.21 bits per heavy atom. The quantitative estimate of drug-likeness (QED) is 0.544. The fourth-order valence-corrected chi connectivity index (χ4v) is 1.27. The van der Waals surface area contributed by atoms with Gasteiger partial charge in [-0.05, 0) is 29.3 Å². The van der Waals surface area contributed by atoms with Crippen LogP contribution in [0, 0.1) is 5.82 Å². The molecule has 0 saturated heterocycles. The second-order valence-corrected chi connectivity index (χ2v) is 3.31. The number of carbonyl (C=O) groups is 1. The molecule has 1 aromatic rings. The van der Waals surface area contributed by atoms with Crippen LogP contribution in [-0.2, 0) is 15.8 Å². The van der Waals surface area contributed by atoms with Crippen LogP contribution in [0.3, 0.4) is 0 Å². The average molecular weight is 217 g/mol. The highest BCUT2D eigenvalue weighted by atomic mass is 32.2. The lowest BCUT2D eigenvalue weighted by Gasteiger charge is -2.07. The van der Waals surface area contributed by atoms with Crippen LogP contribution in [0.4, 0.5) is 4.39 Å². The van der Waals surface area contributed by atoms with Gasteiger partial charge in [0.2, 0.25) is 0 Å². The van der Waals surface area contributed by atoms with Gasteiger partial charge < -0.3 is 9.29 Å². The molecule has 1 unspecified atom stereocenters. The van der Waals surface area contributed by atoms with Crippen molar-refractivity contribution in [1.82, 2.24) is 0 Å². The molecule has 76 valence electrons. The Hall–Kier alpha value is -1.27. The van der Waals surface area contributed by atoms with Crippen LogP contribution in [0.25, 0.3) is 0 Å². The molecule has 1 rings (SSSR count). The molecule has 0 fully saturated rings. The lowest BCUT2D eigenvalue weighted by molar-refractivity contribution is 0.0595. The number of benzene rings is 1. The Kier molecular flexibility index (Phi) is 3.32. The molecule has 0 aliphatic heterocycles. The molecule has 0 amide bonds. The SMILES string of the molecule is COC(=O)c1cc(S(=O)[O-])ccc1F. The number of halogens is 1. The Morgan fingerprint density at radius 1 is 1.57 bits per heavy atom. The van der Waals surface area contributed by atoms with Gasteiger partial charge in [0.05, 0.1) is 12.7 Å². The molecule has 4 nitrogen and oxygen atoms in total. The van der Waals surface area contributed by atoms with E-state index in [1.807, 2.05) is 0 Å². The van der Waals surface area contributed by atoms with Crippen molar-refractivity contribution in [2.45, 2.75) is 4.90 Å². The zero-order valence-electron chi connectivity index (χ0n) is 7.15. The van der Waals surface area contributed by atoms with Crippen LogP contribution in [0.2, 0.25) is 0 Å². The van der Waals surface area contributed by atoms with Gasteiger partial charge in [0.1, 0.15) is 5.82 Å². The summed E-state index contributed by atoms with van der Waals surface area (Å²) < 4.78 is 38.2. The van der Waals surface area contributed by atoms with Crippen molar-refractivity contribution in [2.24, 2.45) is 0 Å². The minimum atomic E-state index is -2.49. The highest BCUT2D eigenvalue weighted by Gasteiger charge is 2.12. The first kappa shape index (κ1) is 10.8. The minimum absolute atomic E-state index is 0.160. The van der Waals surface area contributed by atoms with Crippen LogP contribution in [0.15, 0.2) is 23.1 Å². The number of esters is 1. The van der Waals surface area contributed by atoms with E-state index in [1.165, 1.54) is 0 Å². The minimum Gasteiger partial charge on any atom is -0.768 e. The van der Waals surface area contributed by atoms with Crippen molar-refractivity contribution < 1.29 is 22.7 Å². The van der Waals surface area contributed by atoms with E-state index in [0.29, 0.717) is 0 Å². The summed E-state index contributed by atoms with van der Waals surface area (Å²) in [6.07, 6.45) is 0. The molecule has 6 heteroatoms. The molecule has 0 N–H and O–H groups in total. The molecular formula is C8H6FO4S-. The Labute approximate surface area is 82.0 Å². The second kappa shape index (κ2) is 4.30. The van der Waals surface area contributed by atoms with Crippen LogP contribution in [-0.4, -0.2) is 21.8 Å². The first-order chi connectivity index (χ1) is 6.56. The van der Waals surface area contributed by atoms with E-state index in [-0.39, 0.29) is 4.90 Å². The van der Waals surface area contributed by atoms with Gasteiger partial charge in [-0.1, -0.05) is 0 Å². The molecule has 0 spiro atoms. The summed E-state index contributed by atoms with van der Waals surface area (Å²) in [5.41, 5.74) is -0.394. The summed E-state index contributed by atoms with van der Waals surface area (Å²) in [7, 11) is 1.09. The van der Waals surface area contributed by atoms with Gasteiger partial charge >= 0.3 is 5.97 Å². The third-order valence-electron chi connectivity index (χ3n) is 1.54. The van der Waals surface area contributed by atoms with E-state index >= 15 is 0 Å². The number of rotatable bonds is 2. The summed E-state index contributed by atoms with van der Waals surface area (Å²) in [6, 6.07) is 2.88. The lowest BCUT2D eigenvalue weighted by Crippen LogP contribution is -2.05. The summed E-state index contributed by atoms with van der Waals surface area (Å²) in [5, 5.41) is 0. The largest absolute Gasteiger partial charge is 0.768 e. The van der Waals surface area contributed by atoms with Crippen LogP contribution >= 0.6 is 0 Å². The molecular weight excluding hydrogens is 211 g/mol. The van der Waals surface area contributed by atoms with Crippen LogP contribution in [0.1, 0.15) is 10.4 Å². The maximum absolute atomic E-state index is 13.0. The zero-order chi connectivity index (χ0) is 10.7. The van der Waals surface area contributed by atoms with Crippen molar-refractivity contribution in [1.29, 1.82) is 0 Å². The van der Waals surface area contributed by atoms with Crippen LogP contribution < -0.4 is 0 Å². The summed E-state index contributed by atoms with van der Waals surface area (Å²) >= 11 is -2.49. The first-order valence-corrected chi connectivity index (χ1v) is 4.61. The van der Waals surface area contributed by atoms with E-state index in [9.17, 15) is 17.9 Å². The van der Waals surface area contributed by atoms with Crippen molar-refractivity contribution in [3.8, 4) is 0 Å². The normalized spacial score (nSPS) is 12.2. The predicted octanol–water partition coefficient (Wildman–Crippen LogP) is 0.850. The van der Waals surface area contributed by atoms with E-state index in [4.69, 9.17) is 0 Å². The molecule has 0 saturated carbocycles. The first-order valence-electron chi connectivity index (χ1n) is 3.53. The van der Waals surface area contributed by atoms with Crippen LogP contribution in [0.5, 0.6) is 0 Å². The van der Waals surface area contributed by atoms with Gasteiger partial charge in [-0.2, -0.15) is 0 Å². The maximum atomic E-state index is 13.0. The predicted molar refractivity (Wildman–Crippen MR) is 44.9 cm³/mol. The maximum Gasteiger partial charge on any atom is 0.340 e. The van der Waals surface area contributed by atoms with Gasteiger partial charge in [0.25, 0.3) is 0 Å². The smallest absolute Gasteiger partial charge is 0.340 e. The lowest BCUT2D eigenvalue weighted by atomic mass is 10.2. The standard InChI is InChI=1S/C8H7FO4S/c1-13-8(10)6-4-5(14(11)12)2-3-7(6)9/h2-4H,1H3,(H,11,12)/p-1. The Balaban J connectivity index is 3.21. The van der Waals surface area contributed by atoms with Gasteiger partial charge in [-0.3, -0.25) is 4.21 Å². The molecule has 0 bridgehead atoms. The zero-order valence-corrected chi connectivity index (χ0v) is 7.97. The number of carbonyl (C=O) groups excluding carboxylic acids is 1. The Morgan fingerprint density at radius 3 is 2.71 bits per heavy atom. The van der Waals surface area contributed by atoms with Gasteiger partial charge in [0, 0.05) is 4.90 Å². The van der Waals surface area contributed by atoms with E-state index in [2.05, 4.69) is 4.74 Å². The van der Waals surface area contributed by atoms with Crippen molar-refractivity contribution in [3.63, 3.8) is 0 Å². The van der Waals surface area contributed by atoms with Crippen molar-refractivity contribution in [3.05, 3.63) is 29.6 Å². The molecule has 14 heavy (non-hydrogen) atoms. The van der Waals surface area contributed by atoms with E-state index in [0.717, 1.165) is 25.3 Å². The monoisotopic (exact) mass is 217 g/mol. The molecule has 1 atom stereocenters. The fourth-order valence-electron chi connectivity index (χ4n) is 0.874. The van der Waals surface area contributed by atoms with Gasteiger partial charge in [0.15, 0.2) is 0 Å². The highest BCUT2D eigenvalue weighted by molar-refractivity contribution is 7.79. The summed E-state index contributed by atoms with van der Waals surface area (Å²) in [4.78, 5) is 10.8. The number of hydrogen-bond donors (Lipinski definition) is 0. The van der Waals surface area contributed by atoms with E-state index < -0.39 is 28.4 Å². The van der Waals surface area contributed by atoms with E-state index in [1.54, 1.807) is 0 Å². The van der Waals surface area contributed by atoms with Gasteiger partial charge in [-0.25, -0.2) is 9.18 Å². The molecule has 0 aliphatic carbocycles. The molecule has 0 aromatic heterocycles. The third kappa shape index (κ3) is 2.15. The molecule has 0 heterocycles. The topological polar surface area (TPSA) is 66.4 Å². The molecule has 0 aliphatic rings. The highest BCUT2D eigenvalue weighted by Crippen LogP contribution is 2.13.